The predicted octanol–water partition coefficient (Wildman–Crippen LogP) is 6.16. The molecule has 1 aliphatic rings. The summed E-state index contributed by atoms with van der Waals surface area (Å²) in [5.74, 6) is 0.495. The first-order chi connectivity index (χ1) is 15.5. The zero-order valence-corrected chi connectivity index (χ0v) is 20.4. The topological polar surface area (TPSA) is 69.4 Å². The van der Waals surface area contributed by atoms with Gasteiger partial charge in [-0.1, -0.05) is 23.7 Å². The van der Waals surface area contributed by atoms with Crippen molar-refractivity contribution in [3.63, 3.8) is 0 Å². The number of fused-ring (bicyclic) bond motifs is 3. The first-order valence-corrected chi connectivity index (χ1v) is 11.6. The smallest absolute Gasteiger partial charge is 0.308 e. The molecule has 0 fully saturated rings. The molecule has 6 nitrogen and oxygen atoms in total. The number of halogens is 3. The quantitative estimate of drug-likeness (QED) is 0.409. The van der Waals surface area contributed by atoms with E-state index in [2.05, 4.69) is 10.2 Å². The van der Waals surface area contributed by atoms with Crippen molar-refractivity contribution < 1.29 is 18.3 Å². The van der Waals surface area contributed by atoms with Crippen molar-refractivity contribution in [1.29, 1.82) is 0 Å². The largest absolute Gasteiger partial charge is 0.460 e. The molecule has 10 heteroatoms. The molecule has 2 aromatic heterocycles. The summed E-state index contributed by atoms with van der Waals surface area (Å²) in [6.45, 7) is 8.78. The van der Waals surface area contributed by atoms with Crippen molar-refractivity contribution >= 4 is 34.6 Å². The van der Waals surface area contributed by atoms with Gasteiger partial charge in [-0.25, -0.2) is 8.78 Å². The van der Waals surface area contributed by atoms with E-state index in [1.54, 1.807) is 63.5 Å². The number of aryl methyl sites for hydroxylation is 1. The Labute approximate surface area is 199 Å². The summed E-state index contributed by atoms with van der Waals surface area (Å²) in [6, 6.07) is 6.30. The number of alkyl halides is 2. The SMILES string of the molecule is Cc1c(C(F)F)sc2c1C(c1ccc(Cl)cc1)=N[C@@H](CC(=O)OC(C)(C)C)c1nnc(C)n1-2. The van der Waals surface area contributed by atoms with E-state index >= 15 is 0 Å². The van der Waals surface area contributed by atoms with Crippen molar-refractivity contribution in [2.24, 2.45) is 4.99 Å². The third-order valence-electron chi connectivity index (χ3n) is 5.13. The van der Waals surface area contributed by atoms with Crippen LogP contribution >= 0.6 is 22.9 Å². The minimum absolute atomic E-state index is 0.0358. The maximum absolute atomic E-state index is 13.9. The normalized spacial score (nSPS) is 15.7. The molecule has 1 atom stereocenters. The van der Waals surface area contributed by atoms with Crippen LogP contribution in [0.3, 0.4) is 0 Å². The zero-order chi connectivity index (χ0) is 24.1. The number of thiophene rings is 1. The van der Waals surface area contributed by atoms with Gasteiger partial charge in [-0.3, -0.25) is 14.4 Å². The molecule has 1 aliphatic heterocycles. The van der Waals surface area contributed by atoms with E-state index in [-0.39, 0.29) is 11.3 Å². The summed E-state index contributed by atoms with van der Waals surface area (Å²) in [5, 5.41) is 9.53. The van der Waals surface area contributed by atoms with Crippen molar-refractivity contribution in [2.45, 2.75) is 59.1 Å². The number of benzene rings is 1. The molecule has 0 bridgehead atoms. The average molecular weight is 493 g/mol. The number of nitrogens with zero attached hydrogens (tertiary/aromatic N) is 4. The fourth-order valence-electron chi connectivity index (χ4n) is 3.79. The van der Waals surface area contributed by atoms with E-state index in [1.165, 1.54) is 0 Å². The molecule has 0 spiro atoms. The molecule has 174 valence electrons. The molecule has 33 heavy (non-hydrogen) atoms. The molecule has 0 saturated heterocycles. The maximum atomic E-state index is 13.9. The van der Waals surface area contributed by atoms with Gasteiger partial charge in [0.05, 0.1) is 17.0 Å². The summed E-state index contributed by atoms with van der Waals surface area (Å²) in [6.07, 6.45) is -2.70. The minimum Gasteiger partial charge on any atom is -0.460 e. The van der Waals surface area contributed by atoms with Crippen molar-refractivity contribution in [1.82, 2.24) is 14.8 Å². The molecular formula is C23H23ClF2N4O2S. The third-order valence-corrected chi connectivity index (χ3v) is 6.67. The van der Waals surface area contributed by atoms with Crippen LogP contribution in [-0.4, -0.2) is 32.0 Å². The summed E-state index contributed by atoms with van der Waals surface area (Å²) < 4.78 is 35.0. The van der Waals surface area contributed by atoms with Crippen LogP contribution in [0.5, 0.6) is 0 Å². The third kappa shape index (κ3) is 4.56. The van der Waals surface area contributed by atoms with Gasteiger partial charge in [0, 0.05) is 16.1 Å². The highest BCUT2D eigenvalue weighted by Crippen LogP contribution is 2.43. The maximum Gasteiger partial charge on any atom is 0.308 e. The fourth-order valence-corrected chi connectivity index (χ4v) is 5.14. The van der Waals surface area contributed by atoms with E-state index in [9.17, 15) is 13.6 Å². The van der Waals surface area contributed by atoms with Gasteiger partial charge in [0.25, 0.3) is 6.43 Å². The lowest BCUT2D eigenvalue weighted by Gasteiger charge is -2.21. The molecule has 0 amide bonds. The van der Waals surface area contributed by atoms with E-state index in [1.807, 2.05) is 0 Å². The van der Waals surface area contributed by atoms with Gasteiger partial charge in [0.1, 0.15) is 22.5 Å². The second kappa shape index (κ2) is 8.61. The van der Waals surface area contributed by atoms with Gasteiger partial charge in [0.15, 0.2) is 5.82 Å². The highest BCUT2D eigenvalue weighted by atomic mass is 35.5. The number of esters is 1. The molecule has 0 N–H and O–H groups in total. The lowest BCUT2D eigenvalue weighted by Crippen LogP contribution is -2.25. The highest BCUT2D eigenvalue weighted by molar-refractivity contribution is 7.15. The van der Waals surface area contributed by atoms with Crippen LogP contribution in [0.1, 0.15) is 72.9 Å². The highest BCUT2D eigenvalue weighted by Gasteiger charge is 2.35. The molecule has 4 rings (SSSR count). The molecule has 1 aromatic carbocycles. The summed E-state index contributed by atoms with van der Waals surface area (Å²) in [7, 11) is 0. The minimum atomic E-state index is -2.63. The Kier molecular flexibility index (Phi) is 6.13. The van der Waals surface area contributed by atoms with Crippen LogP contribution in [0.4, 0.5) is 8.78 Å². The molecule has 0 saturated carbocycles. The van der Waals surface area contributed by atoms with Crippen molar-refractivity contribution in [3.05, 3.63) is 62.5 Å². The standard InChI is InChI=1S/C23H23ClF2N4O2S/c1-11-17-18(13-6-8-14(24)9-7-13)27-15(10-16(31)32-23(3,4)5)21-29-28-12(2)30(21)22(17)33-19(11)20(25)26/h6-9,15,20H,10H2,1-5H3/t15-/m0/s1. The number of carbonyl (C=O) groups excluding carboxylic acids is 1. The van der Waals surface area contributed by atoms with E-state index < -0.39 is 24.0 Å². The van der Waals surface area contributed by atoms with Crippen LogP contribution < -0.4 is 0 Å². The van der Waals surface area contributed by atoms with Gasteiger partial charge in [-0.2, -0.15) is 0 Å². The second-order valence-corrected chi connectivity index (χ2v) is 10.3. The van der Waals surface area contributed by atoms with Gasteiger partial charge in [-0.15, -0.1) is 21.5 Å². The van der Waals surface area contributed by atoms with Gasteiger partial charge in [0.2, 0.25) is 0 Å². The summed E-state index contributed by atoms with van der Waals surface area (Å²) in [4.78, 5) is 17.6. The number of carbonyl (C=O) groups is 1. The molecule has 3 aromatic rings. The fraction of sp³-hybridized carbons (Fsp3) is 0.391. The molecule has 0 radical (unpaired) electrons. The Morgan fingerprint density at radius 3 is 2.48 bits per heavy atom. The summed E-state index contributed by atoms with van der Waals surface area (Å²) >= 11 is 7.06. The number of rotatable bonds is 4. The van der Waals surface area contributed by atoms with E-state index in [4.69, 9.17) is 21.3 Å². The Bertz CT molecular complexity index is 1240. The summed E-state index contributed by atoms with van der Waals surface area (Å²) in [5.41, 5.74) is 1.56. The van der Waals surface area contributed by atoms with Crippen LogP contribution in [0.15, 0.2) is 29.3 Å². The number of hydrogen-bond donors (Lipinski definition) is 0. The molecule has 0 aliphatic carbocycles. The molecule has 3 heterocycles. The van der Waals surface area contributed by atoms with Gasteiger partial charge in [-0.05, 0) is 52.3 Å². The van der Waals surface area contributed by atoms with Crippen LogP contribution in [-0.2, 0) is 9.53 Å². The molecule has 0 unspecified atom stereocenters. The number of ether oxygens (including phenoxy) is 1. The predicted molar refractivity (Wildman–Crippen MR) is 124 cm³/mol. The zero-order valence-electron chi connectivity index (χ0n) is 18.8. The molecular weight excluding hydrogens is 470 g/mol. The first-order valence-electron chi connectivity index (χ1n) is 10.4. The number of aliphatic imine (C=N–C) groups is 1. The average Bonchev–Trinajstić information content (AvgIpc) is 3.20. The lowest BCUT2D eigenvalue weighted by atomic mass is 9.99. The lowest BCUT2D eigenvalue weighted by molar-refractivity contribution is -0.155. The van der Waals surface area contributed by atoms with Crippen LogP contribution in [0, 0.1) is 13.8 Å². The Morgan fingerprint density at radius 2 is 1.88 bits per heavy atom. The Hall–Kier alpha value is -2.65. The van der Waals surface area contributed by atoms with Gasteiger partial charge >= 0.3 is 5.97 Å². The number of hydrogen-bond acceptors (Lipinski definition) is 6. The first kappa shape index (κ1) is 23.5. The van der Waals surface area contributed by atoms with E-state index in [0.29, 0.717) is 44.1 Å². The van der Waals surface area contributed by atoms with Crippen LogP contribution in [0.25, 0.3) is 5.00 Å². The monoisotopic (exact) mass is 492 g/mol. The van der Waals surface area contributed by atoms with Crippen molar-refractivity contribution in [2.75, 3.05) is 0 Å². The van der Waals surface area contributed by atoms with E-state index in [0.717, 1.165) is 11.3 Å². The Balaban J connectivity index is 1.94. The van der Waals surface area contributed by atoms with Gasteiger partial charge < -0.3 is 4.74 Å². The number of aromatic nitrogens is 3. The Morgan fingerprint density at radius 1 is 1.21 bits per heavy atom. The van der Waals surface area contributed by atoms with Crippen molar-refractivity contribution in [3.8, 4) is 5.00 Å². The second-order valence-electron chi connectivity index (χ2n) is 8.80. The van der Waals surface area contributed by atoms with Crippen LogP contribution in [0.2, 0.25) is 5.02 Å².